The zero-order valence-corrected chi connectivity index (χ0v) is 16.8. The van der Waals surface area contributed by atoms with Gasteiger partial charge in [0.05, 0.1) is 4.90 Å². The molecule has 144 valence electrons. The van der Waals surface area contributed by atoms with Gasteiger partial charge in [-0.05, 0) is 62.1 Å². The first kappa shape index (κ1) is 19.4. The lowest BCUT2D eigenvalue weighted by molar-refractivity contribution is -0.126. The first-order valence-corrected chi connectivity index (χ1v) is 11.1. The highest BCUT2D eigenvalue weighted by atomic mass is 32.2. The van der Waals surface area contributed by atoms with Gasteiger partial charge in [-0.15, -0.1) is 0 Å². The van der Waals surface area contributed by atoms with Gasteiger partial charge in [0.1, 0.15) is 0 Å². The van der Waals surface area contributed by atoms with E-state index in [1.165, 1.54) is 17.1 Å². The van der Waals surface area contributed by atoms with Crippen LogP contribution in [0.5, 0.6) is 0 Å². The van der Waals surface area contributed by atoms with Gasteiger partial charge in [-0.25, -0.2) is 8.42 Å². The average Bonchev–Trinajstić information content (AvgIpc) is 3.47. The number of hydrogen-bond acceptors (Lipinski definition) is 3. The lowest BCUT2D eigenvalue weighted by Crippen LogP contribution is -2.45. The Hall–Kier alpha value is -1.40. The molecule has 1 saturated heterocycles. The van der Waals surface area contributed by atoms with Crippen LogP contribution in [0.4, 0.5) is 0 Å². The molecule has 0 aromatic heterocycles. The molecule has 6 heteroatoms. The Morgan fingerprint density at radius 2 is 1.62 bits per heavy atom. The maximum absolute atomic E-state index is 12.8. The van der Waals surface area contributed by atoms with Crippen LogP contribution in [0.3, 0.4) is 0 Å². The van der Waals surface area contributed by atoms with Crippen LogP contribution < -0.4 is 5.32 Å². The van der Waals surface area contributed by atoms with Gasteiger partial charge in [0.25, 0.3) is 0 Å². The highest BCUT2D eigenvalue weighted by Crippen LogP contribution is 2.33. The highest BCUT2D eigenvalue weighted by Gasteiger charge is 2.34. The molecular weight excluding hydrogens is 348 g/mol. The van der Waals surface area contributed by atoms with E-state index in [0.29, 0.717) is 42.7 Å². The SMILES string of the molecule is CC(C)c1ccc(S(=O)(=O)N2CCC(C(=O)NC(C)C3CC3)CC2)cc1. The number of amides is 1. The summed E-state index contributed by atoms with van der Waals surface area (Å²) < 4.78 is 27.2. The van der Waals surface area contributed by atoms with Crippen molar-refractivity contribution in [2.24, 2.45) is 11.8 Å². The number of nitrogens with zero attached hydrogens (tertiary/aromatic N) is 1. The van der Waals surface area contributed by atoms with E-state index >= 15 is 0 Å². The van der Waals surface area contributed by atoms with Crippen LogP contribution in [0.25, 0.3) is 0 Å². The molecule has 2 fully saturated rings. The van der Waals surface area contributed by atoms with Gasteiger partial charge in [0.2, 0.25) is 15.9 Å². The molecular formula is C20H30N2O3S. The first-order chi connectivity index (χ1) is 12.3. The molecule has 1 N–H and O–H groups in total. The fraction of sp³-hybridized carbons (Fsp3) is 0.650. The van der Waals surface area contributed by atoms with Crippen molar-refractivity contribution in [2.45, 2.75) is 63.3 Å². The van der Waals surface area contributed by atoms with Crippen LogP contribution in [-0.4, -0.2) is 37.8 Å². The van der Waals surface area contributed by atoms with Crippen molar-refractivity contribution in [3.05, 3.63) is 29.8 Å². The van der Waals surface area contributed by atoms with E-state index < -0.39 is 10.0 Å². The van der Waals surface area contributed by atoms with Gasteiger partial charge < -0.3 is 5.32 Å². The number of sulfonamides is 1. The number of carbonyl (C=O) groups is 1. The summed E-state index contributed by atoms with van der Waals surface area (Å²) in [6.45, 7) is 7.05. The molecule has 5 nitrogen and oxygen atoms in total. The van der Waals surface area contributed by atoms with Crippen molar-refractivity contribution in [3.8, 4) is 0 Å². The maximum Gasteiger partial charge on any atom is 0.243 e. The molecule has 1 aromatic rings. The Kier molecular flexibility index (Phi) is 5.72. The van der Waals surface area contributed by atoms with Gasteiger partial charge in [-0.2, -0.15) is 4.31 Å². The molecule has 3 rings (SSSR count). The number of piperidine rings is 1. The van der Waals surface area contributed by atoms with Gasteiger partial charge in [-0.3, -0.25) is 4.79 Å². The summed E-state index contributed by atoms with van der Waals surface area (Å²) in [4.78, 5) is 12.7. The Balaban J connectivity index is 1.58. The van der Waals surface area contributed by atoms with Crippen LogP contribution in [0.15, 0.2) is 29.2 Å². The second kappa shape index (κ2) is 7.69. The quantitative estimate of drug-likeness (QED) is 0.827. The zero-order chi connectivity index (χ0) is 18.9. The van der Waals surface area contributed by atoms with E-state index in [1.807, 2.05) is 12.1 Å². The van der Waals surface area contributed by atoms with Gasteiger partial charge in [0, 0.05) is 25.0 Å². The van der Waals surface area contributed by atoms with Crippen molar-refractivity contribution in [1.82, 2.24) is 9.62 Å². The maximum atomic E-state index is 12.8. The number of nitrogens with one attached hydrogen (secondary N) is 1. The minimum Gasteiger partial charge on any atom is -0.353 e. The van der Waals surface area contributed by atoms with E-state index in [9.17, 15) is 13.2 Å². The van der Waals surface area contributed by atoms with Crippen molar-refractivity contribution >= 4 is 15.9 Å². The van der Waals surface area contributed by atoms with E-state index in [1.54, 1.807) is 12.1 Å². The minimum atomic E-state index is -3.48. The third-order valence-corrected chi connectivity index (χ3v) is 7.62. The third-order valence-electron chi connectivity index (χ3n) is 5.71. The van der Waals surface area contributed by atoms with E-state index in [-0.39, 0.29) is 17.9 Å². The molecule has 1 heterocycles. The third kappa shape index (κ3) is 4.29. The Labute approximate surface area is 157 Å². The Morgan fingerprint density at radius 3 is 2.12 bits per heavy atom. The predicted octanol–water partition coefficient (Wildman–Crippen LogP) is 3.13. The van der Waals surface area contributed by atoms with Crippen LogP contribution in [0, 0.1) is 11.8 Å². The van der Waals surface area contributed by atoms with Crippen molar-refractivity contribution in [3.63, 3.8) is 0 Å². The molecule has 1 unspecified atom stereocenters. The summed E-state index contributed by atoms with van der Waals surface area (Å²) >= 11 is 0. The van der Waals surface area contributed by atoms with Crippen LogP contribution >= 0.6 is 0 Å². The average molecular weight is 379 g/mol. The van der Waals surface area contributed by atoms with Crippen molar-refractivity contribution in [2.75, 3.05) is 13.1 Å². The van der Waals surface area contributed by atoms with E-state index in [2.05, 4.69) is 26.1 Å². The second-order valence-electron chi connectivity index (χ2n) is 8.04. The molecule has 2 aliphatic rings. The number of carbonyl (C=O) groups excluding carboxylic acids is 1. The Morgan fingerprint density at radius 1 is 1.04 bits per heavy atom. The van der Waals surface area contributed by atoms with Crippen LogP contribution in [-0.2, 0) is 14.8 Å². The number of hydrogen-bond donors (Lipinski definition) is 1. The summed E-state index contributed by atoms with van der Waals surface area (Å²) in [6.07, 6.45) is 3.58. The largest absolute Gasteiger partial charge is 0.353 e. The zero-order valence-electron chi connectivity index (χ0n) is 15.9. The highest BCUT2D eigenvalue weighted by molar-refractivity contribution is 7.89. The van der Waals surface area contributed by atoms with Gasteiger partial charge in [0.15, 0.2) is 0 Å². The minimum absolute atomic E-state index is 0.0778. The van der Waals surface area contributed by atoms with Gasteiger partial charge >= 0.3 is 0 Å². The molecule has 1 amide bonds. The van der Waals surface area contributed by atoms with Gasteiger partial charge in [-0.1, -0.05) is 26.0 Å². The number of benzene rings is 1. The molecule has 1 saturated carbocycles. The summed E-state index contributed by atoms with van der Waals surface area (Å²) in [5.41, 5.74) is 1.13. The summed E-state index contributed by atoms with van der Waals surface area (Å²) in [6, 6.07) is 7.40. The molecule has 1 aliphatic carbocycles. The van der Waals surface area contributed by atoms with E-state index in [0.717, 1.165) is 5.56 Å². The van der Waals surface area contributed by atoms with Crippen LogP contribution in [0.1, 0.15) is 57.9 Å². The fourth-order valence-electron chi connectivity index (χ4n) is 3.59. The standard InChI is InChI=1S/C20H30N2O3S/c1-14(2)16-6-8-19(9-7-16)26(24,25)22-12-10-18(11-13-22)20(23)21-15(3)17-4-5-17/h6-9,14-15,17-18H,4-5,10-13H2,1-3H3,(H,21,23). The molecule has 0 bridgehead atoms. The van der Waals surface area contributed by atoms with E-state index in [4.69, 9.17) is 0 Å². The first-order valence-electron chi connectivity index (χ1n) is 9.69. The summed E-state index contributed by atoms with van der Waals surface area (Å²) in [7, 11) is -3.48. The molecule has 0 spiro atoms. The normalized spacial score (nSPS) is 20.9. The monoisotopic (exact) mass is 378 g/mol. The topological polar surface area (TPSA) is 66.5 Å². The predicted molar refractivity (Wildman–Crippen MR) is 102 cm³/mol. The van der Waals surface area contributed by atoms with Crippen molar-refractivity contribution in [1.29, 1.82) is 0 Å². The molecule has 1 atom stereocenters. The van der Waals surface area contributed by atoms with Crippen molar-refractivity contribution < 1.29 is 13.2 Å². The van der Waals surface area contributed by atoms with Crippen LogP contribution in [0.2, 0.25) is 0 Å². The lowest BCUT2D eigenvalue weighted by atomic mass is 9.96. The molecule has 1 aliphatic heterocycles. The number of rotatable bonds is 6. The summed E-state index contributed by atoms with van der Waals surface area (Å²) in [5, 5.41) is 3.11. The Bertz CT molecular complexity index is 731. The smallest absolute Gasteiger partial charge is 0.243 e. The second-order valence-corrected chi connectivity index (χ2v) is 9.97. The molecule has 1 aromatic carbocycles. The molecule has 26 heavy (non-hydrogen) atoms. The lowest BCUT2D eigenvalue weighted by Gasteiger charge is -2.31. The summed E-state index contributed by atoms with van der Waals surface area (Å²) in [5.74, 6) is 1.01. The molecule has 0 radical (unpaired) electrons. The fourth-order valence-corrected chi connectivity index (χ4v) is 5.06.